The van der Waals surface area contributed by atoms with E-state index in [2.05, 4.69) is 19.7 Å². The standard InChI is InChI=1S/C17H18N4O5S/c22-17-20-14-9-13(5-6-15(14)26-17)27(23,24)21-11-1-3-12(4-2-11)25-16-10-18-7-8-19-16/h5-12,21H,1-4H2,(H,20,22). The number of rotatable bonds is 5. The Bertz CT molecular complexity index is 1090. The van der Waals surface area contributed by atoms with E-state index in [-0.39, 0.29) is 17.0 Å². The minimum absolute atomic E-state index is 0.00481. The molecular weight excluding hydrogens is 372 g/mol. The molecule has 0 radical (unpaired) electrons. The van der Waals surface area contributed by atoms with Crippen molar-refractivity contribution < 1.29 is 17.6 Å². The summed E-state index contributed by atoms with van der Waals surface area (Å²) in [7, 11) is -3.70. The minimum Gasteiger partial charge on any atom is -0.473 e. The Kier molecular flexibility index (Phi) is 4.66. The van der Waals surface area contributed by atoms with Gasteiger partial charge in [0.1, 0.15) is 6.10 Å². The van der Waals surface area contributed by atoms with Gasteiger partial charge >= 0.3 is 5.76 Å². The van der Waals surface area contributed by atoms with Crippen LogP contribution in [0.3, 0.4) is 0 Å². The summed E-state index contributed by atoms with van der Waals surface area (Å²) in [5.41, 5.74) is 0.671. The number of aromatic amines is 1. The summed E-state index contributed by atoms with van der Waals surface area (Å²) in [5.74, 6) is -0.141. The molecule has 0 unspecified atom stereocenters. The summed E-state index contributed by atoms with van der Waals surface area (Å²) in [5, 5.41) is 0. The van der Waals surface area contributed by atoms with Gasteiger partial charge in [0.25, 0.3) is 0 Å². The number of H-pyrrole nitrogens is 1. The van der Waals surface area contributed by atoms with Crippen molar-refractivity contribution in [2.75, 3.05) is 0 Å². The van der Waals surface area contributed by atoms with Gasteiger partial charge in [-0.25, -0.2) is 22.9 Å². The fourth-order valence-electron chi connectivity index (χ4n) is 3.20. The van der Waals surface area contributed by atoms with Crippen LogP contribution in [-0.4, -0.2) is 35.5 Å². The summed E-state index contributed by atoms with van der Waals surface area (Å²) in [6, 6.07) is 4.11. The maximum absolute atomic E-state index is 12.6. The molecule has 0 amide bonds. The second-order valence-corrected chi connectivity index (χ2v) is 8.14. The van der Waals surface area contributed by atoms with Gasteiger partial charge in [0.15, 0.2) is 5.58 Å². The van der Waals surface area contributed by atoms with Crippen molar-refractivity contribution in [2.24, 2.45) is 0 Å². The lowest BCUT2D eigenvalue weighted by molar-refractivity contribution is 0.138. The summed E-state index contributed by atoms with van der Waals surface area (Å²) < 4.78 is 38.7. The summed E-state index contributed by atoms with van der Waals surface area (Å²) in [4.78, 5) is 21.8. The molecule has 1 aliphatic rings. The van der Waals surface area contributed by atoms with Gasteiger partial charge in [0.2, 0.25) is 15.9 Å². The number of fused-ring (bicyclic) bond motifs is 1. The first-order valence-corrected chi connectivity index (χ1v) is 10.1. The van der Waals surface area contributed by atoms with Crippen molar-refractivity contribution >= 4 is 21.1 Å². The molecule has 4 rings (SSSR count). The zero-order valence-electron chi connectivity index (χ0n) is 14.3. The molecule has 1 saturated carbocycles. The molecule has 0 bridgehead atoms. The highest BCUT2D eigenvalue weighted by Gasteiger charge is 2.27. The van der Waals surface area contributed by atoms with E-state index in [1.54, 1.807) is 18.6 Å². The van der Waals surface area contributed by atoms with Crippen LogP contribution in [0.1, 0.15) is 25.7 Å². The first kappa shape index (κ1) is 17.7. The smallest absolute Gasteiger partial charge is 0.417 e. The van der Waals surface area contributed by atoms with Gasteiger partial charge in [-0.1, -0.05) is 0 Å². The number of hydrogen-bond acceptors (Lipinski definition) is 7. The normalized spacial score (nSPS) is 20.6. The molecule has 0 saturated heterocycles. The van der Waals surface area contributed by atoms with E-state index in [0.717, 1.165) is 12.8 Å². The van der Waals surface area contributed by atoms with Crippen molar-refractivity contribution in [3.05, 3.63) is 47.3 Å². The van der Waals surface area contributed by atoms with E-state index in [1.807, 2.05) is 0 Å². The van der Waals surface area contributed by atoms with Crippen LogP contribution in [0.4, 0.5) is 0 Å². The highest BCUT2D eigenvalue weighted by Crippen LogP contribution is 2.24. The third-order valence-corrected chi connectivity index (χ3v) is 6.04. The Morgan fingerprint density at radius 1 is 1.19 bits per heavy atom. The Hall–Kier alpha value is -2.72. The Morgan fingerprint density at radius 2 is 2.00 bits per heavy atom. The number of nitrogens with one attached hydrogen (secondary N) is 2. The van der Waals surface area contributed by atoms with Crippen LogP contribution in [0.25, 0.3) is 11.1 Å². The van der Waals surface area contributed by atoms with E-state index >= 15 is 0 Å². The maximum atomic E-state index is 12.6. The third-order valence-electron chi connectivity index (χ3n) is 4.52. The predicted molar refractivity (Wildman–Crippen MR) is 95.9 cm³/mol. The molecule has 1 aromatic carbocycles. The van der Waals surface area contributed by atoms with Crippen LogP contribution in [0.2, 0.25) is 0 Å². The Balaban J connectivity index is 1.39. The van der Waals surface area contributed by atoms with Gasteiger partial charge in [-0.2, -0.15) is 0 Å². The number of aromatic nitrogens is 3. The Labute approximate surface area is 154 Å². The van der Waals surface area contributed by atoms with Crippen LogP contribution < -0.4 is 15.2 Å². The topological polar surface area (TPSA) is 127 Å². The van der Waals surface area contributed by atoms with Crippen LogP contribution in [0, 0.1) is 0 Å². The molecule has 1 aliphatic carbocycles. The van der Waals surface area contributed by atoms with Crippen LogP contribution in [0.15, 0.2) is 50.9 Å². The quantitative estimate of drug-likeness (QED) is 0.677. The zero-order chi connectivity index (χ0) is 18.9. The summed E-state index contributed by atoms with van der Waals surface area (Å²) >= 11 is 0. The largest absolute Gasteiger partial charge is 0.473 e. The Morgan fingerprint density at radius 3 is 2.74 bits per heavy atom. The first-order valence-electron chi connectivity index (χ1n) is 8.57. The molecule has 10 heteroatoms. The second-order valence-electron chi connectivity index (χ2n) is 6.43. The van der Waals surface area contributed by atoms with E-state index in [1.165, 1.54) is 18.2 Å². The van der Waals surface area contributed by atoms with Crippen LogP contribution in [-0.2, 0) is 10.0 Å². The molecule has 0 aliphatic heterocycles. The van der Waals surface area contributed by atoms with Crippen molar-refractivity contribution in [2.45, 2.75) is 42.7 Å². The first-order chi connectivity index (χ1) is 13.0. The fourth-order valence-corrected chi connectivity index (χ4v) is 4.53. The lowest BCUT2D eigenvalue weighted by Crippen LogP contribution is -2.39. The van der Waals surface area contributed by atoms with Gasteiger partial charge in [0, 0.05) is 18.4 Å². The van der Waals surface area contributed by atoms with E-state index in [4.69, 9.17) is 9.15 Å². The van der Waals surface area contributed by atoms with Crippen LogP contribution >= 0.6 is 0 Å². The highest BCUT2D eigenvalue weighted by atomic mass is 32.2. The molecule has 142 valence electrons. The number of ether oxygens (including phenoxy) is 1. The lowest BCUT2D eigenvalue weighted by Gasteiger charge is -2.28. The van der Waals surface area contributed by atoms with Crippen molar-refractivity contribution in [1.82, 2.24) is 19.7 Å². The number of oxazole rings is 1. The van der Waals surface area contributed by atoms with Crippen LogP contribution in [0.5, 0.6) is 5.88 Å². The predicted octanol–water partition coefficient (Wildman–Crippen LogP) is 1.58. The average Bonchev–Trinajstić information content (AvgIpc) is 3.03. The van der Waals surface area contributed by atoms with Crippen molar-refractivity contribution in [3.8, 4) is 5.88 Å². The molecule has 1 fully saturated rings. The maximum Gasteiger partial charge on any atom is 0.417 e. The summed E-state index contributed by atoms with van der Waals surface area (Å²) in [6.45, 7) is 0. The number of sulfonamides is 1. The number of benzene rings is 1. The molecule has 3 aromatic rings. The van der Waals surface area contributed by atoms with Crippen molar-refractivity contribution in [3.63, 3.8) is 0 Å². The molecule has 2 heterocycles. The van der Waals surface area contributed by atoms with Crippen molar-refractivity contribution in [1.29, 1.82) is 0 Å². The number of hydrogen-bond donors (Lipinski definition) is 2. The highest BCUT2D eigenvalue weighted by molar-refractivity contribution is 7.89. The third kappa shape index (κ3) is 4.01. The summed E-state index contributed by atoms with van der Waals surface area (Å²) in [6.07, 6.45) is 7.47. The molecule has 27 heavy (non-hydrogen) atoms. The van der Waals surface area contributed by atoms with E-state index < -0.39 is 15.8 Å². The average molecular weight is 390 g/mol. The zero-order valence-corrected chi connectivity index (χ0v) is 15.1. The number of nitrogens with zero attached hydrogens (tertiary/aromatic N) is 2. The monoisotopic (exact) mass is 390 g/mol. The molecular formula is C17H18N4O5S. The van der Waals surface area contributed by atoms with E-state index in [9.17, 15) is 13.2 Å². The molecule has 2 aromatic heterocycles. The second kappa shape index (κ2) is 7.12. The molecule has 9 nitrogen and oxygen atoms in total. The van der Waals surface area contributed by atoms with Gasteiger partial charge in [0.05, 0.1) is 16.6 Å². The molecule has 0 spiro atoms. The lowest BCUT2D eigenvalue weighted by atomic mass is 9.94. The van der Waals surface area contributed by atoms with Gasteiger partial charge in [-0.3, -0.25) is 9.97 Å². The SMILES string of the molecule is O=c1[nH]c2cc(S(=O)(=O)NC3CCC(Oc4cnccn4)CC3)ccc2o1. The fraction of sp³-hybridized carbons (Fsp3) is 0.353. The minimum atomic E-state index is -3.70. The molecule has 2 N–H and O–H groups in total. The van der Waals surface area contributed by atoms with Gasteiger partial charge in [-0.05, 0) is 43.9 Å². The van der Waals surface area contributed by atoms with Gasteiger partial charge in [-0.15, -0.1) is 0 Å². The van der Waals surface area contributed by atoms with E-state index in [0.29, 0.717) is 29.8 Å². The molecule has 0 atom stereocenters. The van der Waals surface area contributed by atoms with Gasteiger partial charge < -0.3 is 9.15 Å².